The molecule has 2 aromatic carbocycles. The lowest BCUT2D eigenvalue weighted by atomic mass is 10.1. The van der Waals surface area contributed by atoms with E-state index in [-0.39, 0.29) is 12.3 Å². The van der Waals surface area contributed by atoms with Crippen molar-refractivity contribution >= 4 is 28.9 Å². The van der Waals surface area contributed by atoms with Crippen LogP contribution in [0, 0.1) is 6.92 Å². The molecule has 4 rings (SSSR count). The van der Waals surface area contributed by atoms with Gasteiger partial charge in [0.25, 0.3) is 0 Å². The van der Waals surface area contributed by atoms with E-state index in [1.165, 1.54) is 0 Å². The predicted octanol–water partition coefficient (Wildman–Crippen LogP) is 4.11. The smallest absolute Gasteiger partial charge is 0.227 e. The van der Waals surface area contributed by atoms with Crippen molar-refractivity contribution in [3.8, 4) is 11.4 Å². The zero-order valence-electron chi connectivity index (χ0n) is 16.7. The number of halogens is 1. The number of carbonyl (C=O) groups excluding carboxylic acids is 1. The van der Waals surface area contributed by atoms with Gasteiger partial charge < -0.3 is 19.5 Å². The van der Waals surface area contributed by atoms with E-state index >= 15 is 0 Å². The van der Waals surface area contributed by atoms with Gasteiger partial charge in [-0.2, -0.15) is 4.98 Å². The van der Waals surface area contributed by atoms with E-state index in [4.69, 9.17) is 20.9 Å². The zero-order valence-corrected chi connectivity index (χ0v) is 17.5. The van der Waals surface area contributed by atoms with Gasteiger partial charge in [-0.25, -0.2) is 0 Å². The fourth-order valence-corrected chi connectivity index (χ4v) is 3.63. The number of rotatable bonds is 6. The lowest BCUT2D eigenvalue weighted by Crippen LogP contribution is -2.37. The van der Waals surface area contributed by atoms with E-state index in [1.54, 1.807) is 0 Å². The van der Waals surface area contributed by atoms with E-state index < -0.39 is 0 Å². The van der Waals surface area contributed by atoms with Gasteiger partial charge in [0.1, 0.15) is 0 Å². The molecule has 0 aliphatic carbocycles. The van der Waals surface area contributed by atoms with Crippen LogP contribution in [0.1, 0.15) is 17.9 Å². The number of nitrogens with one attached hydrogen (secondary N) is 1. The summed E-state index contributed by atoms with van der Waals surface area (Å²) in [6.45, 7) is 4.76. The Kier molecular flexibility index (Phi) is 6.30. The van der Waals surface area contributed by atoms with Gasteiger partial charge in [0.05, 0.1) is 29.6 Å². The molecule has 30 heavy (non-hydrogen) atoms. The molecule has 7 nitrogen and oxygen atoms in total. The van der Waals surface area contributed by atoms with Crippen molar-refractivity contribution in [1.82, 2.24) is 10.1 Å². The predicted molar refractivity (Wildman–Crippen MR) is 116 cm³/mol. The molecule has 1 amide bonds. The molecule has 0 radical (unpaired) electrons. The Hall–Kier alpha value is -2.90. The molecular formula is C22H23ClN4O3. The largest absolute Gasteiger partial charge is 0.378 e. The van der Waals surface area contributed by atoms with Gasteiger partial charge in [0, 0.05) is 31.5 Å². The molecule has 2 heterocycles. The fourth-order valence-electron chi connectivity index (χ4n) is 3.33. The van der Waals surface area contributed by atoms with Crippen LogP contribution < -0.4 is 10.2 Å². The number of hydrogen-bond acceptors (Lipinski definition) is 6. The summed E-state index contributed by atoms with van der Waals surface area (Å²) in [6.07, 6.45) is 0.586. The number of anilines is 2. The Bertz CT molecular complexity index is 1010. The highest BCUT2D eigenvalue weighted by Gasteiger charge is 2.19. The number of morpholine rings is 1. The molecule has 0 saturated carbocycles. The first-order chi connectivity index (χ1) is 14.6. The second-order valence-electron chi connectivity index (χ2n) is 7.16. The maximum Gasteiger partial charge on any atom is 0.227 e. The molecule has 1 aromatic heterocycles. The van der Waals surface area contributed by atoms with E-state index in [1.807, 2.05) is 49.4 Å². The highest BCUT2D eigenvalue weighted by atomic mass is 35.5. The Morgan fingerprint density at radius 2 is 1.93 bits per heavy atom. The van der Waals surface area contributed by atoms with Crippen LogP contribution in [0.15, 0.2) is 47.0 Å². The lowest BCUT2D eigenvalue weighted by molar-refractivity contribution is -0.116. The molecule has 1 aliphatic rings. The summed E-state index contributed by atoms with van der Waals surface area (Å²) in [5.41, 5.74) is 3.57. The van der Waals surface area contributed by atoms with Crippen molar-refractivity contribution in [2.24, 2.45) is 0 Å². The minimum absolute atomic E-state index is 0.137. The monoisotopic (exact) mass is 426 g/mol. The summed E-state index contributed by atoms with van der Waals surface area (Å²) in [7, 11) is 0. The molecule has 0 spiro atoms. The normalized spacial score (nSPS) is 14.0. The standard InChI is InChI=1S/C22H23ClN4O3/c1-15-5-7-16(8-6-15)22-25-20(30-26-22)10-9-19(28)24-18-4-2-3-17(23)21(18)27-11-13-29-14-12-27/h2-8H,9-14H2,1H3,(H,24,28). The number of para-hydroxylation sites is 1. The van der Waals surface area contributed by atoms with Crippen molar-refractivity contribution in [2.45, 2.75) is 19.8 Å². The van der Waals surface area contributed by atoms with Gasteiger partial charge in [0.2, 0.25) is 17.6 Å². The van der Waals surface area contributed by atoms with Crippen LogP contribution in [-0.4, -0.2) is 42.4 Å². The second-order valence-corrected chi connectivity index (χ2v) is 7.57. The van der Waals surface area contributed by atoms with Gasteiger partial charge in [0.15, 0.2) is 0 Å². The van der Waals surface area contributed by atoms with Gasteiger partial charge in [-0.05, 0) is 19.1 Å². The summed E-state index contributed by atoms with van der Waals surface area (Å²) in [4.78, 5) is 19.1. The maximum absolute atomic E-state index is 12.6. The Balaban J connectivity index is 1.39. The first-order valence-electron chi connectivity index (χ1n) is 9.91. The molecule has 8 heteroatoms. The van der Waals surface area contributed by atoms with Crippen molar-refractivity contribution in [3.63, 3.8) is 0 Å². The van der Waals surface area contributed by atoms with E-state index in [0.29, 0.717) is 42.1 Å². The summed E-state index contributed by atoms with van der Waals surface area (Å²) >= 11 is 6.42. The summed E-state index contributed by atoms with van der Waals surface area (Å²) in [6, 6.07) is 13.4. The third kappa shape index (κ3) is 4.80. The number of amides is 1. The maximum atomic E-state index is 12.6. The number of aryl methyl sites for hydroxylation is 2. The molecule has 1 fully saturated rings. The molecular weight excluding hydrogens is 404 g/mol. The minimum Gasteiger partial charge on any atom is -0.378 e. The number of carbonyl (C=O) groups is 1. The van der Waals surface area contributed by atoms with Crippen molar-refractivity contribution in [1.29, 1.82) is 0 Å². The van der Waals surface area contributed by atoms with Crippen LogP contribution in [0.3, 0.4) is 0 Å². The summed E-state index contributed by atoms with van der Waals surface area (Å²) < 4.78 is 10.7. The Morgan fingerprint density at radius 1 is 1.17 bits per heavy atom. The number of hydrogen-bond donors (Lipinski definition) is 1. The summed E-state index contributed by atoms with van der Waals surface area (Å²) in [5, 5.41) is 7.58. The first kappa shape index (κ1) is 20.4. The minimum atomic E-state index is -0.137. The quantitative estimate of drug-likeness (QED) is 0.639. The molecule has 1 N–H and O–H groups in total. The van der Waals surface area contributed by atoms with Gasteiger partial charge in [-0.15, -0.1) is 0 Å². The molecule has 0 bridgehead atoms. The van der Waals surface area contributed by atoms with Crippen LogP contribution >= 0.6 is 11.6 Å². The summed E-state index contributed by atoms with van der Waals surface area (Å²) in [5.74, 6) is 0.817. The molecule has 1 saturated heterocycles. The van der Waals surface area contributed by atoms with Crippen LogP contribution in [0.25, 0.3) is 11.4 Å². The molecule has 156 valence electrons. The van der Waals surface area contributed by atoms with Gasteiger partial charge in [-0.3, -0.25) is 4.79 Å². The second kappa shape index (κ2) is 9.28. The Morgan fingerprint density at radius 3 is 2.70 bits per heavy atom. The van der Waals surface area contributed by atoms with Crippen LogP contribution in [-0.2, 0) is 16.0 Å². The fraction of sp³-hybridized carbons (Fsp3) is 0.318. The van der Waals surface area contributed by atoms with E-state index in [9.17, 15) is 4.79 Å². The Labute approximate surface area is 180 Å². The highest BCUT2D eigenvalue weighted by Crippen LogP contribution is 2.34. The topological polar surface area (TPSA) is 80.5 Å². The number of ether oxygens (including phenoxy) is 1. The molecule has 0 unspecified atom stereocenters. The molecule has 1 aliphatic heterocycles. The van der Waals surface area contributed by atoms with Crippen LogP contribution in [0.5, 0.6) is 0 Å². The van der Waals surface area contributed by atoms with Crippen LogP contribution in [0.4, 0.5) is 11.4 Å². The zero-order chi connectivity index (χ0) is 20.9. The van der Waals surface area contributed by atoms with E-state index in [0.717, 1.165) is 29.9 Å². The molecule has 0 atom stereocenters. The van der Waals surface area contributed by atoms with Crippen molar-refractivity contribution in [3.05, 3.63) is 58.9 Å². The highest BCUT2D eigenvalue weighted by molar-refractivity contribution is 6.34. The lowest BCUT2D eigenvalue weighted by Gasteiger charge is -2.31. The van der Waals surface area contributed by atoms with Gasteiger partial charge in [-0.1, -0.05) is 52.7 Å². The average molecular weight is 427 g/mol. The van der Waals surface area contributed by atoms with E-state index in [2.05, 4.69) is 20.4 Å². The first-order valence-corrected chi connectivity index (χ1v) is 10.3. The number of aromatic nitrogens is 2. The third-order valence-electron chi connectivity index (χ3n) is 4.93. The van der Waals surface area contributed by atoms with Crippen molar-refractivity contribution in [2.75, 3.05) is 36.5 Å². The number of benzene rings is 2. The number of nitrogens with zero attached hydrogens (tertiary/aromatic N) is 3. The van der Waals surface area contributed by atoms with Crippen molar-refractivity contribution < 1.29 is 14.1 Å². The molecule has 3 aromatic rings. The van der Waals surface area contributed by atoms with Crippen LogP contribution in [0.2, 0.25) is 5.02 Å². The third-order valence-corrected chi connectivity index (χ3v) is 5.24. The SMILES string of the molecule is Cc1ccc(-c2noc(CCC(=O)Nc3cccc(Cl)c3N3CCOCC3)n2)cc1. The average Bonchev–Trinajstić information content (AvgIpc) is 3.23. The van der Waals surface area contributed by atoms with Gasteiger partial charge >= 0.3 is 0 Å².